The Bertz CT molecular complexity index is 301. The van der Waals surface area contributed by atoms with Crippen molar-refractivity contribution in [3.63, 3.8) is 0 Å². The smallest absolute Gasteiger partial charge is 0.341 e. The molecule has 2 saturated carbocycles. The van der Waals surface area contributed by atoms with Crippen LogP contribution in [-0.2, 0) is 0 Å². The molecule has 0 aromatic carbocycles. The van der Waals surface area contributed by atoms with Crippen LogP contribution in [0.15, 0.2) is 0 Å². The van der Waals surface area contributed by atoms with Crippen LogP contribution in [0.25, 0.3) is 0 Å². The second kappa shape index (κ2) is 13.8. The molecule has 0 nitrogen and oxygen atoms in total. The van der Waals surface area contributed by atoms with Crippen molar-refractivity contribution in [2.75, 3.05) is 0 Å². The topological polar surface area (TPSA) is 0 Å². The van der Waals surface area contributed by atoms with Gasteiger partial charge in [0.1, 0.15) is 0 Å². The first-order valence-electron chi connectivity index (χ1n) is 10.6. The zero-order valence-corrected chi connectivity index (χ0v) is 25.8. The maximum absolute atomic E-state index is 3.97. The molecule has 29 heavy (non-hydrogen) atoms. The van der Waals surface area contributed by atoms with Gasteiger partial charge < -0.3 is 13.8 Å². The van der Waals surface area contributed by atoms with Gasteiger partial charge in [-0.3, -0.25) is 0 Å². The third-order valence-corrected chi connectivity index (χ3v) is 6.53. The van der Waals surface area contributed by atoms with Crippen molar-refractivity contribution in [1.82, 2.24) is 0 Å². The van der Waals surface area contributed by atoms with Gasteiger partial charge in [0.2, 0.25) is 0 Å². The summed E-state index contributed by atoms with van der Waals surface area (Å²) in [6.07, 6.45) is 1.10. The molecule has 162 valence electrons. The minimum Gasteiger partial charge on any atom is -0.341 e. The van der Waals surface area contributed by atoms with Crippen LogP contribution in [0, 0.1) is 124 Å². The fraction of sp³-hybridized carbons (Fsp3) is 0.571. The van der Waals surface area contributed by atoms with Gasteiger partial charge in [0.15, 0.2) is 0 Å². The molecule has 0 aliphatic heterocycles. The number of hydrogen-bond acceptors (Lipinski definition) is 0. The zero-order valence-electron chi connectivity index (χ0n) is 21.7. The van der Waals surface area contributed by atoms with E-state index in [-0.39, 0.29) is 45.4 Å². The van der Waals surface area contributed by atoms with Crippen molar-refractivity contribution >= 4 is 0 Å². The van der Waals surface area contributed by atoms with Gasteiger partial charge in [0.25, 0.3) is 0 Å². The Morgan fingerprint density at radius 1 is 0.552 bits per heavy atom. The average Bonchev–Trinajstić information content (AvgIpc) is 2.84. The molecular formula is C28H46Th. The van der Waals surface area contributed by atoms with Crippen molar-refractivity contribution in [2.45, 2.75) is 96.4 Å². The molecule has 0 bridgehead atoms. The molecule has 0 N–H and O–H groups in total. The standard InChI is InChI=1S/2C10H15.C8H16.Th/c2*1-6-7(2)9(4)10(5)8(6)3;1-7(2)6-8(3,4)5;/h2*1-5H3;7H,1,3,6H2,2,4-5H3;/q;;-2;+2. The summed E-state index contributed by atoms with van der Waals surface area (Å²) in [5.74, 6) is 15.2. The van der Waals surface area contributed by atoms with Gasteiger partial charge in [-0.2, -0.15) is 11.3 Å². The van der Waals surface area contributed by atoms with E-state index in [1.807, 2.05) is 0 Å². The van der Waals surface area contributed by atoms with Crippen LogP contribution in [-0.4, -0.2) is 0 Å². The van der Waals surface area contributed by atoms with Crippen LogP contribution in [0.4, 0.5) is 0 Å². The summed E-state index contributed by atoms with van der Waals surface area (Å²) >= 11 is 0. The van der Waals surface area contributed by atoms with Crippen molar-refractivity contribution in [2.24, 2.45) is 11.3 Å². The molecule has 0 amide bonds. The average molecular weight is 615 g/mol. The Hall–Kier alpha value is 1.32. The summed E-state index contributed by atoms with van der Waals surface area (Å²) in [6, 6.07) is 0. The van der Waals surface area contributed by atoms with Crippen molar-refractivity contribution < 1.29 is 39.9 Å². The van der Waals surface area contributed by atoms with E-state index in [1.165, 1.54) is 59.2 Å². The van der Waals surface area contributed by atoms with Crippen LogP contribution in [0.2, 0.25) is 0 Å². The Morgan fingerprint density at radius 3 is 0.724 bits per heavy atom. The van der Waals surface area contributed by atoms with Crippen molar-refractivity contribution in [3.05, 3.63) is 73.0 Å². The molecule has 2 aliphatic rings. The first kappa shape index (κ1) is 32.5. The first-order chi connectivity index (χ1) is 12.5. The van der Waals surface area contributed by atoms with Gasteiger partial charge in [-0.1, -0.05) is 90.0 Å². The second-order valence-corrected chi connectivity index (χ2v) is 9.72. The molecule has 0 heterocycles. The van der Waals surface area contributed by atoms with E-state index in [0.29, 0.717) is 5.92 Å². The summed E-state index contributed by atoms with van der Waals surface area (Å²) in [5, 5.41) is 0. The van der Waals surface area contributed by atoms with Crippen LogP contribution in [0.1, 0.15) is 96.4 Å². The second-order valence-electron chi connectivity index (χ2n) is 9.72. The van der Waals surface area contributed by atoms with E-state index < -0.39 is 0 Å². The van der Waals surface area contributed by atoms with Crippen LogP contribution in [0.3, 0.4) is 0 Å². The van der Waals surface area contributed by atoms with E-state index in [2.05, 4.69) is 104 Å². The van der Waals surface area contributed by atoms with Gasteiger partial charge in [-0.25, -0.2) is 0 Å². The Kier molecular flexibility index (Phi) is 15.4. The maximum atomic E-state index is 3.97. The van der Waals surface area contributed by atoms with Crippen molar-refractivity contribution in [3.8, 4) is 0 Å². The van der Waals surface area contributed by atoms with Crippen LogP contribution in [0.5, 0.6) is 0 Å². The molecule has 1 heteroatoms. The van der Waals surface area contributed by atoms with Crippen molar-refractivity contribution in [1.29, 1.82) is 0 Å². The number of rotatable bonds is 2. The van der Waals surface area contributed by atoms with E-state index in [4.69, 9.17) is 0 Å². The molecule has 2 fully saturated rings. The van der Waals surface area contributed by atoms with Gasteiger partial charge in [-0.15, -0.1) is 6.42 Å². The Balaban J connectivity index is 0. The summed E-state index contributed by atoms with van der Waals surface area (Å²) in [5.41, 5.74) is 0.209. The van der Waals surface area contributed by atoms with Gasteiger partial charge >= 0.3 is 39.9 Å². The number of hydrogen-bond donors (Lipinski definition) is 0. The summed E-state index contributed by atoms with van der Waals surface area (Å²) in [4.78, 5) is 0. The van der Waals surface area contributed by atoms with E-state index >= 15 is 0 Å². The molecule has 0 spiro atoms. The molecule has 2 aliphatic carbocycles. The molecule has 1 atom stereocenters. The third kappa shape index (κ3) is 10.2. The third-order valence-electron chi connectivity index (χ3n) is 6.53. The van der Waals surface area contributed by atoms with Gasteiger partial charge in [0.05, 0.1) is 0 Å². The molecule has 10 radical (unpaired) electrons. The van der Waals surface area contributed by atoms with E-state index in [0.717, 1.165) is 6.42 Å². The fourth-order valence-electron chi connectivity index (χ4n) is 3.76. The predicted octanol–water partition coefficient (Wildman–Crippen LogP) is 8.65. The monoisotopic (exact) mass is 614 g/mol. The summed E-state index contributed by atoms with van der Waals surface area (Å²) < 4.78 is 0. The molecular weight excluding hydrogens is 568 g/mol. The van der Waals surface area contributed by atoms with Crippen LogP contribution >= 0.6 is 0 Å². The molecule has 2 rings (SSSR count). The van der Waals surface area contributed by atoms with Crippen LogP contribution < -0.4 is 0 Å². The SMILES string of the molecule is C[C]1[C](C)[C](C)[C](C)[C]1C.C[C]1[C](C)[C](C)[C](C)[C]1C.[CH2-]C(C)CC([CH2-])(C)C.[Th+2]. The normalized spacial score (nSPS) is 24.1. The predicted molar refractivity (Wildman–Crippen MR) is 127 cm³/mol. The minimum atomic E-state index is 0. The maximum Gasteiger partial charge on any atom is 2.00 e. The van der Waals surface area contributed by atoms with Gasteiger partial charge in [0, 0.05) is 0 Å². The van der Waals surface area contributed by atoms with E-state index in [1.54, 1.807) is 0 Å². The molecule has 0 aromatic rings. The Labute approximate surface area is 219 Å². The molecule has 0 aromatic heterocycles. The van der Waals surface area contributed by atoms with Gasteiger partial charge in [-0.05, 0) is 59.2 Å². The quantitative estimate of drug-likeness (QED) is 0.273. The largest absolute Gasteiger partial charge is 2.00 e. The summed E-state index contributed by atoms with van der Waals surface area (Å²) in [6.45, 7) is 36.2. The summed E-state index contributed by atoms with van der Waals surface area (Å²) in [7, 11) is 0. The molecule has 0 saturated heterocycles. The molecule has 1 unspecified atom stereocenters. The minimum absolute atomic E-state index is 0. The van der Waals surface area contributed by atoms with E-state index in [9.17, 15) is 0 Å². The zero-order chi connectivity index (χ0) is 22.6. The fourth-order valence-corrected chi connectivity index (χ4v) is 3.76. The Morgan fingerprint density at radius 2 is 0.690 bits per heavy atom. The first-order valence-corrected chi connectivity index (χ1v) is 10.6.